The molecule has 0 atom stereocenters. The van der Waals surface area contributed by atoms with Crippen molar-refractivity contribution >= 4 is 23.0 Å². The fraction of sp³-hybridized carbons (Fsp3) is 0.417. The van der Waals surface area contributed by atoms with Crippen LogP contribution in [-0.4, -0.2) is 27.5 Å². The molecule has 0 aliphatic heterocycles. The lowest BCUT2D eigenvalue weighted by atomic mass is 9.73. The van der Waals surface area contributed by atoms with Gasteiger partial charge in [0.25, 0.3) is 0 Å². The van der Waals surface area contributed by atoms with Gasteiger partial charge in [-0.2, -0.15) is 0 Å². The van der Waals surface area contributed by atoms with E-state index in [4.69, 9.17) is 4.52 Å². The number of hydrogen-bond acceptors (Lipinski definition) is 6. The van der Waals surface area contributed by atoms with E-state index in [1.165, 1.54) is 0 Å². The van der Waals surface area contributed by atoms with Crippen molar-refractivity contribution in [3.63, 3.8) is 0 Å². The molecular formula is C24H26N2O4. The van der Waals surface area contributed by atoms with E-state index in [-0.39, 0.29) is 29.2 Å². The number of Topliss-reactive ketones (excluding diaryl/α,β-unsaturated/α-hetero) is 2. The summed E-state index contributed by atoms with van der Waals surface area (Å²) in [6, 6.07) is 9.45. The molecule has 1 aromatic heterocycles. The zero-order valence-electron chi connectivity index (χ0n) is 17.4. The van der Waals surface area contributed by atoms with Crippen LogP contribution in [0.25, 0.3) is 0 Å². The quantitative estimate of drug-likeness (QED) is 0.563. The van der Waals surface area contributed by atoms with Crippen molar-refractivity contribution in [1.82, 2.24) is 5.16 Å². The molecule has 156 valence electrons. The summed E-state index contributed by atoms with van der Waals surface area (Å²) in [4.78, 5) is 29.8. The fourth-order valence-electron chi connectivity index (χ4n) is 4.29. The molecule has 1 fully saturated rings. The van der Waals surface area contributed by atoms with Gasteiger partial charge in [0.15, 0.2) is 11.6 Å². The maximum Gasteiger partial charge on any atom is 0.168 e. The Bertz CT molecular complexity index is 1040. The van der Waals surface area contributed by atoms with Gasteiger partial charge in [-0.1, -0.05) is 37.2 Å². The van der Waals surface area contributed by atoms with E-state index in [9.17, 15) is 14.7 Å². The molecule has 1 aromatic carbocycles. The Balaban J connectivity index is 1.63. The first-order chi connectivity index (χ1) is 14.3. The van der Waals surface area contributed by atoms with Crippen LogP contribution in [0.5, 0.6) is 0 Å². The number of aliphatic imine (C=N–C) groups is 1. The van der Waals surface area contributed by atoms with Gasteiger partial charge >= 0.3 is 0 Å². The number of para-hydroxylation sites is 1. The molecule has 1 N–H and O–H groups in total. The summed E-state index contributed by atoms with van der Waals surface area (Å²) in [7, 11) is 0. The largest absolute Gasteiger partial charge is 0.511 e. The number of rotatable bonds is 4. The monoisotopic (exact) mass is 406 g/mol. The van der Waals surface area contributed by atoms with Gasteiger partial charge in [-0.05, 0) is 30.4 Å². The van der Waals surface area contributed by atoms with Crippen molar-refractivity contribution in [2.24, 2.45) is 10.4 Å². The molecule has 0 radical (unpaired) electrons. The molecule has 0 bridgehead atoms. The minimum atomic E-state index is -0.216. The molecule has 1 heterocycles. The highest BCUT2D eigenvalue weighted by Gasteiger charge is 2.36. The molecule has 0 saturated heterocycles. The van der Waals surface area contributed by atoms with E-state index in [1.54, 1.807) is 0 Å². The lowest BCUT2D eigenvalue weighted by Crippen LogP contribution is -2.32. The van der Waals surface area contributed by atoms with Crippen molar-refractivity contribution in [2.75, 3.05) is 0 Å². The molecule has 0 unspecified atom stereocenters. The number of aromatic nitrogens is 1. The SMILES string of the molecule is CC1(C)CC(=O)C(=C(O)CCc2noc3c2C(=O)CCC3)C(=Nc2ccccc2)C1. The second kappa shape index (κ2) is 8.01. The van der Waals surface area contributed by atoms with E-state index in [1.807, 2.05) is 44.2 Å². The summed E-state index contributed by atoms with van der Waals surface area (Å²) in [5, 5.41) is 14.9. The molecule has 0 amide bonds. The van der Waals surface area contributed by atoms with Gasteiger partial charge in [0.2, 0.25) is 0 Å². The molecule has 0 spiro atoms. The van der Waals surface area contributed by atoms with Crippen LogP contribution in [0.15, 0.2) is 51.2 Å². The minimum Gasteiger partial charge on any atom is -0.511 e. The first kappa shape index (κ1) is 20.3. The predicted octanol–water partition coefficient (Wildman–Crippen LogP) is 5.10. The van der Waals surface area contributed by atoms with Crippen LogP contribution in [-0.2, 0) is 17.6 Å². The van der Waals surface area contributed by atoms with Gasteiger partial charge < -0.3 is 9.63 Å². The van der Waals surface area contributed by atoms with Gasteiger partial charge in [0, 0.05) is 32.1 Å². The van der Waals surface area contributed by atoms with E-state index in [2.05, 4.69) is 10.1 Å². The van der Waals surface area contributed by atoms with Gasteiger partial charge in [0.1, 0.15) is 11.5 Å². The molecule has 6 heteroatoms. The first-order valence-corrected chi connectivity index (χ1v) is 10.4. The molecule has 6 nitrogen and oxygen atoms in total. The Morgan fingerprint density at radius 1 is 1.13 bits per heavy atom. The summed E-state index contributed by atoms with van der Waals surface area (Å²) in [5.41, 5.74) is 2.58. The second-order valence-electron chi connectivity index (χ2n) is 8.86. The second-order valence-corrected chi connectivity index (χ2v) is 8.86. The smallest absolute Gasteiger partial charge is 0.168 e. The van der Waals surface area contributed by atoms with Crippen LogP contribution < -0.4 is 0 Å². The third-order valence-electron chi connectivity index (χ3n) is 5.68. The zero-order valence-corrected chi connectivity index (χ0v) is 17.4. The van der Waals surface area contributed by atoms with Gasteiger partial charge in [-0.15, -0.1) is 0 Å². The van der Waals surface area contributed by atoms with Crippen LogP contribution in [0.1, 0.15) is 67.8 Å². The van der Waals surface area contributed by atoms with Gasteiger partial charge in [-0.25, -0.2) is 0 Å². The van der Waals surface area contributed by atoms with E-state index in [0.717, 1.165) is 12.1 Å². The average molecular weight is 406 g/mol. The summed E-state index contributed by atoms with van der Waals surface area (Å²) in [6.45, 7) is 4.07. The predicted molar refractivity (Wildman–Crippen MR) is 113 cm³/mol. The number of aliphatic hydroxyl groups is 1. The van der Waals surface area contributed by atoms with E-state index in [0.29, 0.717) is 60.4 Å². The van der Waals surface area contributed by atoms with Gasteiger partial charge in [0.05, 0.1) is 28.2 Å². The third-order valence-corrected chi connectivity index (χ3v) is 5.68. The lowest BCUT2D eigenvalue weighted by Gasteiger charge is -2.31. The Labute approximate surface area is 175 Å². The summed E-state index contributed by atoms with van der Waals surface area (Å²) >= 11 is 0. The highest BCUT2D eigenvalue weighted by atomic mass is 16.5. The number of carbonyl (C=O) groups excluding carboxylic acids is 2. The van der Waals surface area contributed by atoms with E-state index >= 15 is 0 Å². The van der Waals surface area contributed by atoms with Crippen molar-refractivity contribution in [3.05, 3.63) is 58.7 Å². The number of allylic oxidation sites excluding steroid dienone is 2. The molecule has 2 aliphatic carbocycles. The van der Waals surface area contributed by atoms with Crippen LogP contribution in [0, 0.1) is 5.41 Å². The van der Waals surface area contributed by atoms with Crippen LogP contribution >= 0.6 is 0 Å². The highest BCUT2D eigenvalue weighted by Crippen LogP contribution is 2.37. The Hall–Kier alpha value is -3.02. The van der Waals surface area contributed by atoms with Crippen molar-refractivity contribution in [2.45, 2.75) is 58.8 Å². The molecular weight excluding hydrogens is 380 g/mol. The maximum absolute atomic E-state index is 12.9. The molecule has 2 aromatic rings. The summed E-state index contributed by atoms with van der Waals surface area (Å²) in [6.07, 6.45) is 3.50. The Morgan fingerprint density at radius 2 is 1.90 bits per heavy atom. The van der Waals surface area contributed by atoms with E-state index < -0.39 is 0 Å². The van der Waals surface area contributed by atoms with Gasteiger partial charge in [-0.3, -0.25) is 14.6 Å². The highest BCUT2D eigenvalue weighted by molar-refractivity contribution is 6.25. The molecule has 30 heavy (non-hydrogen) atoms. The minimum absolute atomic E-state index is 0.00481. The molecule has 2 aliphatic rings. The van der Waals surface area contributed by atoms with Crippen molar-refractivity contribution < 1.29 is 19.2 Å². The third kappa shape index (κ3) is 4.13. The standard InChI is InChI=1S/C24H26N2O4/c1-24(2)13-17(25-15-7-4-3-5-8-15)22(20(29)14-24)19(28)12-11-16-23-18(27)9-6-10-21(23)30-26-16/h3-5,7-8,28H,6,9-14H2,1-2H3. The van der Waals surface area contributed by atoms with Crippen LogP contribution in [0.2, 0.25) is 0 Å². The maximum atomic E-state index is 12.9. The average Bonchev–Trinajstić information content (AvgIpc) is 3.10. The number of fused-ring (bicyclic) bond motifs is 1. The normalized spacial score (nSPS) is 21.6. The van der Waals surface area contributed by atoms with Crippen molar-refractivity contribution in [3.8, 4) is 0 Å². The summed E-state index contributed by atoms with van der Waals surface area (Å²) < 4.78 is 5.32. The molecule has 1 saturated carbocycles. The van der Waals surface area contributed by atoms with Crippen LogP contribution in [0.4, 0.5) is 5.69 Å². The molecule has 4 rings (SSSR count). The zero-order chi connectivity index (χ0) is 21.3. The number of aryl methyl sites for hydroxylation is 2. The first-order valence-electron chi connectivity index (χ1n) is 10.4. The number of hydrogen-bond donors (Lipinski definition) is 1. The lowest BCUT2D eigenvalue weighted by molar-refractivity contribution is -0.117. The number of carbonyl (C=O) groups is 2. The number of nitrogens with zero attached hydrogens (tertiary/aromatic N) is 2. The van der Waals surface area contributed by atoms with Crippen molar-refractivity contribution in [1.29, 1.82) is 0 Å². The van der Waals surface area contributed by atoms with Crippen LogP contribution in [0.3, 0.4) is 0 Å². The number of aliphatic hydroxyl groups excluding tert-OH is 1. The Kier molecular flexibility index (Phi) is 5.41. The topological polar surface area (TPSA) is 92.8 Å². The number of benzene rings is 1. The fourth-order valence-corrected chi connectivity index (χ4v) is 4.29. The number of ketones is 2. The summed E-state index contributed by atoms with van der Waals surface area (Å²) in [5.74, 6) is 0.582. The Morgan fingerprint density at radius 3 is 2.67 bits per heavy atom.